The number of rotatable bonds is 2. The number of nitrogens with one attached hydrogen (secondary N) is 1. The average Bonchev–Trinajstić information content (AvgIpc) is 2.60. The zero-order valence-corrected chi connectivity index (χ0v) is 11.2. The van der Waals surface area contributed by atoms with Gasteiger partial charge in [-0.25, -0.2) is 4.98 Å². The predicted molar refractivity (Wildman–Crippen MR) is 71.5 cm³/mol. The number of hydrogen-bond acceptors (Lipinski definition) is 4. The SMILES string of the molecule is C1CCc2nc(CN3CCNCC3)sc2CC1. The van der Waals surface area contributed by atoms with Crippen LogP contribution >= 0.6 is 11.3 Å². The third kappa shape index (κ3) is 2.87. The van der Waals surface area contributed by atoms with Crippen molar-refractivity contribution >= 4 is 11.3 Å². The van der Waals surface area contributed by atoms with Crippen LogP contribution in [-0.4, -0.2) is 36.1 Å². The van der Waals surface area contributed by atoms with Crippen molar-refractivity contribution in [1.82, 2.24) is 15.2 Å². The third-order valence-corrected chi connectivity index (χ3v) is 4.85. The van der Waals surface area contributed by atoms with Crippen LogP contribution in [0.5, 0.6) is 0 Å². The van der Waals surface area contributed by atoms with Crippen LogP contribution in [0.3, 0.4) is 0 Å². The number of piperazine rings is 1. The molecule has 1 aliphatic carbocycles. The van der Waals surface area contributed by atoms with Crippen molar-refractivity contribution in [2.45, 2.75) is 38.6 Å². The molecule has 0 aromatic carbocycles. The molecule has 3 rings (SSSR count). The van der Waals surface area contributed by atoms with E-state index in [9.17, 15) is 0 Å². The summed E-state index contributed by atoms with van der Waals surface area (Å²) in [5.74, 6) is 0. The number of aryl methyl sites for hydroxylation is 2. The summed E-state index contributed by atoms with van der Waals surface area (Å²) in [7, 11) is 0. The largest absolute Gasteiger partial charge is 0.314 e. The van der Waals surface area contributed by atoms with Crippen molar-refractivity contribution < 1.29 is 0 Å². The van der Waals surface area contributed by atoms with Crippen molar-refractivity contribution in [1.29, 1.82) is 0 Å². The second kappa shape index (κ2) is 5.46. The van der Waals surface area contributed by atoms with E-state index < -0.39 is 0 Å². The fourth-order valence-electron chi connectivity index (χ4n) is 2.71. The first-order chi connectivity index (χ1) is 8.42. The van der Waals surface area contributed by atoms with Crippen LogP contribution in [0.25, 0.3) is 0 Å². The van der Waals surface area contributed by atoms with Gasteiger partial charge in [-0.2, -0.15) is 0 Å². The van der Waals surface area contributed by atoms with Gasteiger partial charge in [0, 0.05) is 31.1 Å². The molecular weight excluding hydrogens is 230 g/mol. The second-order valence-electron chi connectivity index (χ2n) is 5.06. The Balaban J connectivity index is 1.67. The number of fused-ring (bicyclic) bond motifs is 1. The lowest BCUT2D eigenvalue weighted by Crippen LogP contribution is -2.42. The summed E-state index contributed by atoms with van der Waals surface area (Å²) >= 11 is 1.97. The Morgan fingerprint density at radius 2 is 1.94 bits per heavy atom. The number of hydrogen-bond donors (Lipinski definition) is 1. The Labute approximate surface area is 107 Å². The summed E-state index contributed by atoms with van der Waals surface area (Å²) in [6.07, 6.45) is 6.57. The van der Waals surface area contributed by atoms with Crippen molar-refractivity contribution in [2.24, 2.45) is 0 Å². The molecule has 0 atom stereocenters. The summed E-state index contributed by atoms with van der Waals surface area (Å²) in [5.41, 5.74) is 1.41. The molecule has 1 fully saturated rings. The normalized spacial score (nSPS) is 22.1. The molecule has 0 radical (unpaired) electrons. The zero-order valence-electron chi connectivity index (χ0n) is 10.4. The van der Waals surface area contributed by atoms with Gasteiger partial charge in [0.15, 0.2) is 0 Å². The maximum absolute atomic E-state index is 4.86. The lowest BCUT2D eigenvalue weighted by atomic mass is 10.2. The van der Waals surface area contributed by atoms with E-state index >= 15 is 0 Å². The van der Waals surface area contributed by atoms with E-state index in [0.717, 1.165) is 19.6 Å². The fraction of sp³-hybridized carbons (Fsp3) is 0.769. The molecule has 0 bridgehead atoms. The average molecular weight is 251 g/mol. The molecular formula is C13H21N3S. The van der Waals surface area contributed by atoms with E-state index in [1.807, 2.05) is 11.3 Å². The molecule has 0 saturated carbocycles. The van der Waals surface area contributed by atoms with E-state index in [-0.39, 0.29) is 0 Å². The molecule has 4 heteroatoms. The van der Waals surface area contributed by atoms with Gasteiger partial charge >= 0.3 is 0 Å². The van der Waals surface area contributed by atoms with Gasteiger partial charge in [0.2, 0.25) is 0 Å². The number of aromatic nitrogens is 1. The van der Waals surface area contributed by atoms with Crippen molar-refractivity contribution in [2.75, 3.05) is 26.2 Å². The second-order valence-corrected chi connectivity index (χ2v) is 6.23. The molecule has 1 aromatic heterocycles. The molecule has 1 aromatic rings. The minimum absolute atomic E-state index is 1.07. The van der Waals surface area contributed by atoms with Crippen LogP contribution in [-0.2, 0) is 19.4 Å². The Bertz CT molecular complexity index is 345. The van der Waals surface area contributed by atoms with Gasteiger partial charge in [0.1, 0.15) is 5.01 Å². The molecule has 2 aliphatic rings. The van der Waals surface area contributed by atoms with Gasteiger partial charge in [-0.15, -0.1) is 11.3 Å². The zero-order chi connectivity index (χ0) is 11.5. The van der Waals surface area contributed by atoms with E-state index in [2.05, 4.69) is 10.2 Å². The maximum Gasteiger partial charge on any atom is 0.107 e. The Morgan fingerprint density at radius 1 is 1.12 bits per heavy atom. The van der Waals surface area contributed by atoms with Gasteiger partial charge in [-0.05, 0) is 25.7 Å². The van der Waals surface area contributed by atoms with Gasteiger partial charge in [-0.1, -0.05) is 6.42 Å². The topological polar surface area (TPSA) is 28.2 Å². The Morgan fingerprint density at radius 3 is 2.82 bits per heavy atom. The standard InChI is InChI=1S/C13H21N3S/c1-2-4-11-12(5-3-1)17-13(15-11)10-16-8-6-14-7-9-16/h14H,1-10H2. The molecule has 1 aliphatic heterocycles. The van der Waals surface area contributed by atoms with Crippen molar-refractivity contribution in [3.63, 3.8) is 0 Å². The first-order valence-electron chi connectivity index (χ1n) is 6.82. The minimum atomic E-state index is 1.07. The summed E-state index contributed by atoms with van der Waals surface area (Å²) in [4.78, 5) is 8.96. The van der Waals surface area contributed by atoms with E-state index in [1.54, 1.807) is 4.88 Å². The maximum atomic E-state index is 4.86. The fourth-order valence-corrected chi connectivity index (χ4v) is 3.91. The molecule has 0 spiro atoms. The van der Waals surface area contributed by atoms with Crippen LogP contribution < -0.4 is 5.32 Å². The number of thiazole rings is 1. The first-order valence-corrected chi connectivity index (χ1v) is 7.64. The predicted octanol–water partition coefficient (Wildman–Crippen LogP) is 1.82. The molecule has 2 heterocycles. The molecule has 1 saturated heterocycles. The van der Waals surface area contributed by atoms with E-state index in [1.165, 1.54) is 55.9 Å². The lowest BCUT2D eigenvalue weighted by Gasteiger charge is -2.26. The van der Waals surface area contributed by atoms with Crippen molar-refractivity contribution in [3.05, 3.63) is 15.6 Å². The van der Waals surface area contributed by atoms with E-state index in [4.69, 9.17) is 4.98 Å². The highest BCUT2D eigenvalue weighted by Crippen LogP contribution is 2.26. The smallest absolute Gasteiger partial charge is 0.107 e. The van der Waals surface area contributed by atoms with Crippen molar-refractivity contribution in [3.8, 4) is 0 Å². The third-order valence-electron chi connectivity index (χ3n) is 3.71. The summed E-state index contributed by atoms with van der Waals surface area (Å²) < 4.78 is 0. The molecule has 94 valence electrons. The summed E-state index contributed by atoms with van der Waals surface area (Å²) in [6, 6.07) is 0. The highest BCUT2D eigenvalue weighted by molar-refractivity contribution is 7.11. The van der Waals surface area contributed by atoms with Gasteiger partial charge in [0.25, 0.3) is 0 Å². The Kier molecular flexibility index (Phi) is 3.74. The Hall–Kier alpha value is -0.450. The molecule has 1 N–H and O–H groups in total. The summed E-state index contributed by atoms with van der Waals surface area (Å²) in [6.45, 7) is 5.67. The molecule has 0 amide bonds. The monoisotopic (exact) mass is 251 g/mol. The van der Waals surface area contributed by atoms with Crippen LogP contribution in [0.1, 0.15) is 34.8 Å². The van der Waals surface area contributed by atoms with Gasteiger partial charge < -0.3 is 5.32 Å². The van der Waals surface area contributed by atoms with Gasteiger partial charge in [-0.3, -0.25) is 4.90 Å². The van der Waals surface area contributed by atoms with Crippen LogP contribution in [0, 0.1) is 0 Å². The summed E-state index contributed by atoms with van der Waals surface area (Å²) in [5, 5.41) is 4.75. The molecule has 17 heavy (non-hydrogen) atoms. The highest BCUT2D eigenvalue weighted by atomic mass is 32.1. The quantitative estimate of drug-likeness (QED) is 0.813. The molecule has 3 nitrogen and oxygen atoms in total. The molecule has 0 unspecified atom stereocenters. The van der Waals surface area contributed by atoms with Crippen LogP contribution in [0.15, 0.2) is 0 Å². The van der Waals surface area contributed by atoms with Gasteiger partial charge in [0.05, 0.1) is 12.2 Å². The lowest BCUT2D eigenvalue weighted by molar-refractivity contribution is 0.233. The van der Waals surface area contributed by atoms with E-state index in [0.29, 0.717) is 0 Å². The highest BCUT2D eigenvalue weighted by Gasteiger charge is 2.16. The van der Waals surface area contributed by atoms with Crippen LogP contribution in [0.4, 0.5) is 0 Å². The van der Waals surface area contributed by atoms with Crippen LogP contribution in [0.2, 0.25) is 0 Å². The number of nitrogens with zero attached hydrogens (tertiary/aromatic N) is 2. The first kappa shape index (κ1) is 11.6. The minimum Gasteiger partial charge on any atom is -0.314 e.